The first-order valence-corrected chi connectivity index (χ1v) is 4.54. The number of aryl methyl sites for hydroxylation is 1. The second-order valence-corrected chi connectivity index (χ2v) is 3.11. The third-order valence-electron chi connectivity index (χ3n) is 2.06. The summed E-state index contributed by atoms with van der Waals surface area (Å²) in [5.41, 5.74) is 0.000651. The Hall–Kier alpha value is -1.98. The Morgan fingerprint density at radius 3 is 2.81 bits per heavy atom. The third-order valence-corrected chi connectivity index (χ3v) is 2.06. The van der Waals surface area contributed by atoms with Crippen molar-refractivity contribution in [2.75, 3.05) is 7.11 Å². The van der Waals surface area contributed by atoms with E-state index in [-0.39, 0.29) is 24.1 Å². The van der Waals surface area contributed by atoms with Gasteiger partial charge in [0.1, 0.15) is 5.82 Å². The van der Waals surface area contributed by atoms with Crippen LogP contribution in [0.3, 0.4) is 0 Å². The van der Waals surface area contributed by atoms with E-state index in [1.54, 1.807) is 0 Å². The average Bonchev–Trinajstić information content (AvgIpc) is 2.25. The van der Waals surface area contributed by atoms with Crippen LogP contribution >= 0.6 is 0 Å². The van der Waals surface area contributed by atoms with E-state index >= 15 is 0 Å². The zero-order valence-corrected chi connectivity index (χ0v) is 8.60. The SMILES string of the molecule is COC(=O)CCc1cc(F)ccc1[N+](=O)[O-]. The minimum atomic E-state index is -0.605. The minimum Gasteiger partial charge on any atom is -0.469 e. The van der Waals surface area contributed by atoms with Crippen molar-refractivity contribution < 1.29 is 18.8 Å². The Kier molecular flexibility index (Phi) is 3.93. The van der Waals surface area contributed by atoms with Gasteiger partial charge in [-0.3, -0.25) is 14.9 Å². The summed E-state index contributed by atoms with van der Waals surface area (Å²) in [5, 5.41) is 10.6. The fourth-order valence-corrected chi connectivity index (χ4v) is 1.27. The molecule has 0 bridgehead atoms. The molecule has 0 atom stereocenters. The van der Waals surface area contributed by atoms with Crippen molar-refractivity contribution in [1.29, 1.82) is 0 Å². The number of hydrogen-bond donors (Lipinski definition) is 0. The zero-order valence-electron chi connectivity index (χ0n) is 8.60. The Morgan fingerprint density at radius 2 is 2.25 bits per heavy atom. The van der Waals surface area contributed by atoms with Crippen molar-refractivity contribution >= 4 is 11.7 Å². The van der Waals surface area contributed by atoms with Gasteiger partial charge in [-0.15, -0.1) is 0 Å². The summed E-state index contributed by atoms with van der Waals surface area (Å²) >= 11 is 0. The van der Waals surface area contributed by atoms with Gasteiger partial charge in [-0.05, 0) is 18.6 Å². The van der Waals surface area contributed by atoms with Crippen LogP contribution in [0.4, 0.5) is 10.1 Å². The second kappa shape index (κ2) is 5.20. The summed E-state index contributed by atoms with van der Waals surface area (Å²) in [7, 11) is 1.22. The summed E-state index contributed by atoms with van der Waals surface area (Å²) in [4.78, 5) is 20.9. The summed E-state index contributed by atoms with van der Waals surface area (Å²) in [6.45, 7) is 0. The highest BCUT2D eigenvalue weighted by Gasteiger charge is 2.15. The van der Waals surface area contributed by atoms with E-state index in [1.807, 2.05) is 0 Å². The van der Waals surface area contributed by atoms with Gasteiger partial charge in [-0.1, -0.05) is 0 Å². The minimum absolute atomic E-state index is 0.0131. The Morgan fingerprint density at radius 1 is 1.56 bits per heavy atom. The number of ether oxygens (including phenoxy) is 1. The first-order valence-electron chi connectivity index (χ1n) is 4.54. The second-order valence-electron chi connectivity index (χ2n) is 3.11. The van der Waals surface area contributed by atoms with E-state index in [1.165, 1.54) is 7.11 Å². The van der Waals surface area contributed by atoms with Gasteiger partial charge in [0.15, 0.2) is 0 Å². The predicted octanol–water partition coefficient (Wildman–Crippen LogP) is 1.84. The molecule has 6 heteroatoms. The van der Waals surface area contributed by atoms with Gasteiger partial charge < -0.3 is 4.74 Å². The summed E-state index contributed by atoms with van der Waals surface area (Å²) in [5.74, 6) is -1.05. The molecule has 16 heavy (non-hydrogen) atoms. The van der Waals surface area contributed by atoms with E-state index in [9.17, 15) is 19.3 Å². The maximum atomic E-state index is 12.9. The number of nitro groups is 1. The Labute approximate surface area is 91.0 Å². The van der Waals surface area contributed by atoms with Gasteiger partial charge in [0, 0.05) is 18.1 Å². The molecule has 0 spiro atoms. The van der Waals surface area contributed by atoms with Gasteiger partial charge in [-0.25, -0.2) is 4.39 Å². The van der Waals surface area contributed by atoms with Crippen LogP contribution in [0.15, 0.2) is 18.2 Å². The number of hydrogen-bond acceptors (Lipinski definition) is 4. The number of esters is 1. The summed E-state index contributed by atoms with van der Waals surface area (Å²) < 4.78 is 17.3. The molecule has 0 saturated carbocycles. The van der Waals surface area contributed by atoms with E-state index in [0.29, 0.717) is 0 Å². The predicted molar refractivity (Wildman–Crippen MR) is 53.4 cm³/mol. The van der Waals surface area contributed by atoms with Crippen molar-refractivity contribution in [3.63, 3.8) is 0 Å². The van der Waals surface area contributed by atoms with Gasteiger partial charge in [0.25, 0.3) is 5.69 Å². The van der Waals surface area contributed by atoms with Crippen molar-refractivity contribution in [2.45, 2.75) is 12.8 Å². The molecule has 0 heterocycles. The average molecular weight is 227 g/mol. The quantitative estimate of drug-likeness (QED) is 0.447. The first-order chi connectivity index (χ1) is 7.54. The molecule has 0 aliphatic rings. The normalized spacial score (nSPS) is 9.88. The monoisotopic (exact) mass is 227 g/mol. The van der Waals surface area contributed by atoms with Crippen LogP contribution in [0.1, 0.15) is 12.0 Å². The molecule has 5 nitrogen and oxygen atoms in total. The van der Waals surface area contributed by atoms with Crippen LogP contribution in [0.25, 0.3) is 0 Å². The lowest BCUT2D eigenvalue weighted by atomic mass is 10.1. The van der Waals surface area contributed by atoms with Crippen LogP contribution < -0.4 is 0 Å². The van der Waals surface area contributed by atoms with E-state index < -0.39 is 16.7 Å². The lowest BCUT2D eigenvalue weighted by Crippen LogP contribution is -2.04. The molecule has 0 N–H and O–H groups in total. The van der Waals surface area contributed by atoms with E-state index in [0.717, 1.165) is 18.2 Å². The molecule has 0 aliphatic carbocycles. The summed E-state index contributed by atoms with van der Waals surface area (Å²) in [6, 6.07) is 3.16. The molecule has 0 fully saturated rings. The highest BCUT2D eigenvalue weighted by atomic mass is 19.1. The van der Waals surface area contributed by atoms with Gasteiger partial charge in [0.2, 0.25) is 0 Å². The van der Waals surface area contributed by atoms with Crippen molar-refractivity contribution in [3.05, 3.63) is 39.7 Å². The fourth-order valence-electron chi connectivity index (χ4n) is 1.27. The van der Waals surface area contributed by atoms with Crippen LogP contribution in [0.2, 0.25) is 0 Å². The number of benzene rings is 1. The largest absolute Gasteiger partial charge is 0.469 e. The number of carbonyl (C=O) groups is 1. The highest BCUT2D eigenvalue weighted by molar-refractivity contribution is 5.69. The molecule has 0 aliphatic heterocycles. The van der Waals surface area contributed by atoms with E-state index in [2.05, 4.69) is 4.74 Å². The fraction of sp³-hybridized carbons (Fsp3) is 0.300. The van der Waals surface area contributed by atoms with Crippen molar-refractivity contribution in [3.8, 4) is 0 Å². The molecule has 1 rings (SSSR count). The molecule has 86 valence electrons. The number of methoxy groups -OCH3 is 1. The number of halogens is 1. The smallest absolute Gasteiger partial charge is 0.305 e. The molecular weight excluding hydrogens is 217 g/mol. The standard InChI is InChI=1S/C10H10FNO4/c1-16-10(13)5-2-7-6-8(11)3-4-9(7)12(14)15/h3-4,6H,2,5H2,1H3. The summed E-state index contributed by atoms with van der Waals surface area (Å²) in [6.07, 6.45) is 0.0710. The molecular formula is C10H10FNO4. The lowest BCUT2D eigenvalue weighted by molar-refractivity contribution is -0.385. The highest BCUT2D eigenvalue weighted by Crippen LogP contribution is 2.20. The molecule has 0 amide bonds. The van der Waals surface area contributed by atoms with E-state index in [4.69, 9.17) is 0 Å². The molecule has 0 saturated heterocycles. The molecule has 0 aromatic heterocycles. The number of rotatable bonds is 4. The Balaban J connectivity index is 2.88. The van der Waals surface area contributed by atoms with Crippen molar-refractivity contribution in [1.82, 2.24) is 0 Å². The number of nitrogens with zero attached hydrogens (tertiary/aromatic N) is 1. The van der Waals surface area contributed by atoms with Gasteiger partial charge >= 0.3 is 5.97 Å². The third kappa shape index (κ3) is 3.01. The van der Waals surface area contributed by atoms with Crippen LogP contribution in [-0.4, -0.2) is 18.0 Å². The topological polar surface area (TPSA) is 69.4 Å². The Bertz CT molecular complexity index is 419. The maximum absolute atomic E-state index is 12.9. The molecule has 1 aromatic carbocycles. The van der Waals surface area contributed by atoms with Crippen molar-refractivity contribution in [2.24, 2.45) is 0 Å². The maximum Gasteiger partial charge on any atom is 0.305 e. The van der Waals surface area contributed by atoms with Gasteiger partial charge in [0.05, 0.1) is 12.0 Å². The number of nitro benzene ring substituents is 1. The van der Waals surface area contributed by atoms with Crippen LogP contribution in [0, 0.1) is 15.9 Å². The molecule has 0 unspecified atom stereocenters. The van der Waals surface area contributed by atoms with Gasteiger partial charge in [-0.2, -0.15) is 0 Å². The molecule has 0 radical (unpaired) electrons. The number of carbonyl (C=O) groups excluding carboxylic acids is 1. The van der Waals surface area contributed by atoms with Crippen LogP contribution in [0.5, 0.6) is 0 Å². The lowest BCUT2D eigenvalue weighted by Gasteiger charge is -2.02. The zero-order chi connectivity index (χ0) is 12.1. The first kappa shape index (κ1) is 12.1. The van der Waals surface area contributed by atoms with Crippen LogP contribution in [-0.2, 0) is 16.0 Å². The molecule has 1 aromatic rings.